The molecular weight excluding hydrogens is 424 g/mol. The van der Waals surface area contributed by atoms with Gasteiger partial charge in [-0.3, -0.25) is 9.10 Å². The number of methoxy groups -OCH3 is 1. The van der Waals surface area contributed by atoms with Gasteiger partial charge in [0.1, 0.15) is 25.5 Å². The Kier molecular flexibility index (Phi) is 7.59. The summed E-state index contributed by atoms with van der Waals surface area (Å²) in [6.07, 6.45) is 0. The van der Waals surface area contributed by atoms with Crippen LogP contribution in [0, 0.1) is 0 Å². The highest BCUT2D eigenvalue weighted by Crippen LogP contribution is 2.34. The predicted octanol–water partition coefficient (Wildman–Crippen LogP) is 1.81. The van der Waals surface area contributed by atoms with Gasteiger partial charge in [0.05, 0.1) is 23.8 Å². The van der Waals surface area contributed by atoms with Crippen molar-refractivity contribution in [3.63, 3.8) is 0 Å². The second-order valence-corrected chi connectivity index (χ2v) is 8.45. The van der Waals surface area contributed by atoms with Gasteiger partial charge in [-0.15, -0.1) is 0 Å². The molecule has 10 heteroatoms. The van der Waals surface area contributed by atoms with Crippen molar-refractivity contribution >= 4 is 21.6 Å². The lowest BCUT2D eigenvalue weighted by Crippen LogP contribution is -2.41. The van der Waals surface area contributed by atoms with E-state index in [0.717, 1.165) is 4.31 Å². The largest absolute Gasteiger partial charge is 0.494 e. The average molecular weight is 451 g/mol. The number of hydrogen-bond donors (Lipinski definition) is 1. The first-order valence-corrected chi connectivity index (χ1v) is 11.3. The third-order valence-corrected chi connectivity index (χ3v) is 6.22. The van der Waals surface area contributed by atoms with Crippen LogP contribution in [0.25, 0.3) is 0 Å². The van der Waals surface area contributed by atoms with Gasteiger partial charge >= 0.3 is 0 Å². The first-order valence-electron chi connectivity index (χ1n) is 9.86. The zero-order valence-electron chi connectivity index (χ0n) is 17.5. The Morgan fingerprint density at radius 3 is 2.48 bits per heavy atom. The van der Waals surface area contributed by atoms with Gasteiger partial charge in [0, 0.05) is 19.7 Å². The number of rotatable bonds is 10. The number of hydrogen-bond acceptors (Lipinski definition) is 7. The van der Waals surface area contributed by atoms with Crippen molar-refractivity contribution in [3.8, 4) is 17.2 Å². The molecule has 9 nitrogen and oxygen atoms in total. The number of fused-ring (bicyclic) bond motifs is 1. The SMILES string of the molecule is CCOc1ccc(N(CC(=O)NCCOC)S(=O)(=O)c2ccc3c(c2)OCCO3)cc1. The Balaban J connectivity index is 1.92. The Labute approximate surface area is 181 Å². The van der Waals surface area contributed by atoms with E-state index < -0.39 is 22.5 Å². The molecule has 1 aliphatic rings. The predicted molar refractivity (Wildman–Crippen MR) is 114 cm³/mol. The van der Waals surface area contributed by atoms with Crippen LogP contribution in [0.1, 0.15) is 6.92 Å². The standard InChI is InChI=1S/C21H26N2O7S/c1-3-28-17-6-4-16(5-7-17)23(15-21(24)22-10-11-27-2)31(25,26)18-8-9-19-20(14-18)30-13-12-29-19/h4-9,14H,3,10-13,15H2,1-2H3,(H,22,24). The summed E-state index contributed by atoms with van der Waals surface area (Å²) in [6, 6.07) is 10.9. The first-order chi connectivity index (χ1) is 15.0. The average Bonchev–Trinajstić information content (AvgIpc) is 2.78. The minimum absolute atomic E-state index is 0.00433. The van der Waals surface area contributed by atoms with Gasteiger partial charge in [-0.05, 0) is 43.3 Å². The number of carbonyl (C=O) groups is 1. The summed E-state index contributed by atoms with van der Waals surface area (Å²) in [5, 5.41) is 2.65. The van der Waals surface area contributed by atoms with Crippen LogP contribution in [0.2, 0.25) is 0 Å². The molecule has 0 saturated carbocycles. The van der Waals surface area contributed by atoms with Crippen molar-refractivity contribution in [1.29, 1.82) is 0 Å². The smallest absolute Gasteiger partial charge is 0.264 e. The van der Waals surface area contributed by atoms with E-state index >= 15 is 0 Å². The number of nitrogens with zero attached hydrogens (tertiary/aromatic N) is 1. The van der Waals surface area contributed by atoms with Crippen molar-refractivity contribution < 1.29 is 32.2 Å². The Hall–Kier alpha value is -2.98. The van der Waals surface area contributed by atoms with Crippen LogP contribution < -0.4 is 23.8 Å². The van der Waals surface area contributed by atoms with Gasteiger partial charge in [-0.2, -0.15) is 0 Å². The topological polar surface area (TPSA) is 103 Å². The van der Waals surface area contributed by atoms with Crippen LogP contribution >= 0.6 is 0 Å². The third-order valence-electron chi connectivity index (χ3n) is 4.45. The Bertz CT molecular complexity index is 993. The van der Waals surface area contributed by atoms with Crippen molar-refractivity contribution in [1.82, 2.24) is 5.32 Å². The molecule has 1 heterocycles. The number of anilines is 1. The molecule has 0 unspecified atom stereocenters. The zero-order valence-corrected chi connectivity index (χ0v) is 18.3. The normalized spacial score (nSPS) is 12.8. The van der Waals surface area contributed by atoms with Crippen LogP contribution in [-0.4, -0.2) is 61.0 Å². The molecule has 0 radical (unpaired) electrons. The molecule has 168 valence electrons. The highest BCUT2D eigenvalue weighted by Gasteiger charge is 2.29. The molecule has 0 bridgehead atoms. The van der Waals surface area contributed by atoms with Crippen LogP contribution in [0.4, 0.5) is 5.69 Å². The van der Waals surface area contributed by atoms with Crippen LogP contribution in [-0.2, 0) is 19.6 Å². The molecule has 0 aromatic heterocycles. The minimum atomic E-state index is -4.07. The molecule has 0 atom stereocenters. The van der Waals surface area contributed by atoms with Gasteiger partial charge in [0.25, 0.3) is 10.0 Å². The molecule has 0 spiro atoms. The van der Waals surface area contributed by atoms with E-state index in [9.17, 15) is 13.2 Å². The summed E-state index contributed by atoms with van der Waals surface area (Å²) >= 11 is 0. The van der Waals surface area contributed by atoms with E-state index in [-0.39, 0.29) is 11.4 Å². The molecule has 0 fully saturated rings. The number of benzene rings is 2. The molecule has 2 aromatic carbocycles. The number of carbonyl (C=O) groups excluding carboxylic acids is 1. The van der Waals surface area contributed by atoms with Gasteiger partial charge in [-0.1, -0.05) is 0 Å². The quantitative estimate of drug-likeness (QED) is 0.551. The van der Waals surface area contributed by atoms with Crippen molar-refractivity contribution in [3.05, 3.63) is 42.5 Å². The summed E-state index contributed by atoms with van der Waals surface area (Å²) in [4.78, 5) is 12.4. The van der Waals surface area contributed by atoms with Crippen LogP contribution in [0.5, 0.6) is 17.2 Å². The molecule has 0 saturated heterocycles. The fourth-order valence-electron chi connectivity index (χ4n) is 2.98. The van der Waals surface area contributed by atoms with Gasteiger partial charge in [0.15, 0.2) is 11.5 Å². The lowest BCUT2D eigenvalue weighted by molar-refractivity contribution is -0.119. The molecular formula is C21H26N2O7S. The Morgan fingerprint density at radius 2 is 1.81 bits per heavy atom. The van der Waals surface area contributed by atoms with Gasteiger partial charge in [-0.25, -0.2) is 8.42 Å². The van der Waals surface area contributed by atoms with Crippen molar-refractivity contribution in [2.75, 3.05) is 50.9 Å². The number of ether oxygens (including phenoxy) is 4. The highest BCUT2D eigenvalue weighted by atomic mass is 32.2. The Morgan fingerprint density at radius 1 is 1.10 bits per heavy atom. The fraction of sp³-hybridized carbons (Fsp3) is 0.381. The summed E-state index contributed by atoms with van der Waals surface area (Å²) in [7, 11) is -2.55. The second-order valence-electron chi connectivity index (χ2n) is 6.59. The molecule has 2 aromatic rings. The number of nitrogens with one attached hydrogen (secondary N) is 1. The molecule has 31 heavy (non-hydrogen) atoms. The molecule has 1 aliphatic heterocycles. The summed E-state index contributed by atoms with van der Waals surface area (Å²) in [6.45, 7) is 3.28. The van der Waals surface area contributed by atoms with Crippen molar-refractivity contribution in [2.24, 2.45) is 0 Å². The molecule has 3 rings (SSSR count). The highest BCUT2D eigenvalue weighted by molar-refractivity contribution is 7.92. The molecule has 0 aliphatic carbocycles. The van der Waals surface area contributed by atoms with E-state index in [0.29, 0.717) is 49.4 Å². The van der Waals surface area contributed by atoms with E-state index in [2.05, 4.69) is 5.32 Å². The third kappa shape index (κ3) is 5.59. The molecule has 1 amide bonds. The first kappa shape index (κ1) is 22.7. The summed E-state index contributed by atoms with van der Waals surface area (Å²) in [5.74, 6) is 0.984. The van der Waals surface area contributed by atoms with Gasteiger partial charge in [0.2, 0.25) is 5.91 Å². The summed E-state index contributed by atoms with van der Waals surface area (Å²) in [5.41, 5.74) is 0.334. The maximum Gasteiger partial charge on any atom is 0.264 e. The van der Waals surface area contributed by atoms with E-state index in [1.807, 2.05) is 6.92 Å². The lowest BCUT2D eigenvalue weighted by atomic mass is 10.3. The summed E-state index contributed by atoms with van der Waals surface area (Å²) < 4.78 is 49.4. The van der Waals surface area contributed by atoms with E-state index in [4.69, 9.17) is 18.9 Å². The molecule has 1 N–H and O–H groups in total. The fourth-order valence-corrected chi connectivity index (χ4v) is 4.42. The van der Waals surface area contributed by atoms with Crippen LogP contribution in [0.3, 0.4) is 0 Å². The van der Waals surface area contributed by atoms with E-state index in [1.54, 1.807) is 30.3 Å². The van der Waals surface area contributed by atoms with E-state index in [1.165, 1.54) is 19.2 Å². The monoisotopic (exact) mass is 450 g/mol. The maximum atomic E-state index is 13.5. The number of amides is 1. The lowest BCUT2D eigenvalue weighted by Gasteiger charge is -2.25. The van der Waals surface area contributed by atoms with Crippen LogP contribution in [0.15, 0.2) is 47.4 Å². The zero-order chi connectivity index (χ0) is 22.3. The second kappa shape index (κ2) is 10.4. The number of sulfonamides is 1. The minimum Gasteiger partial charge on any atom is -0.494 e. The van der Waals surface area contributed by atoms with Gasteiger partial charge < -0.3 is 24.3 Å². The maximum absolute atomic E-state index is 13.5. The van der Waals surface area contributed by atoms with Crippen molar-refractivity contribution in [2.45, 2.75) is 11.8 Å².